The first-order chi connectivity index (χ1) is 14.5. The van der Waals surface area contributed by atoms with Crippen LogP contribution in [0.2, 0.25) is 0 Å². The molecule has 0 amide bonds. The van der Waals surface area contributed by atoms with Gasteiger partial charge in [0.15, 0.2) is 11.5 Å². The molecule has 4 N–H and O–H groups in total. The minimum Gasteiger partial charge on any atom is -0.504 e. The molecule has 1 aliphatic rings. The molecule has 0 spiro atoms. The van der Waals surface area contributed by atoms with Crippen LogP contribution in [0.1, 0.15) is 12.5 Å². The number of benzene rings is 2. The van der Waals surface area contributed by atoms with E-state index in [0.717, 1.165) is 17.4 Å². The molecule has 156 valence electrons. The Kier molecular flexibility index (Phi) is 7.16. The van der Waals surface area contributed by atoms with E-state index in [4.69, 9.17) is 15.2 Å². The second-order valence-electron chi connectivity index (χ2n) is 6.22. The van der Waals surface area contributed by atoms with Crippen LogP contribution in [-0.4, -0.2) is 36.6 Å². The highest BCUT2D eigenvalue weighted by Crippen LogP contribution is 2.40. The quantitative estimate of drug-likeness (QED) is 0.335. The van der Waals surface area contributed by atoms with Crippen LogP contribution in [0, 0.1) is 0 Å². The third-order valence-corrected chi connectivity index (χ3v) is 5.09. The molecule has 1 aliphatic heterocycles. The molecule has 0 fully saturated rings. The summed E-state index contributed by atoms with van der Waals surface area (Å²) in [5, 5.41) is 13.7. The predicted octanol–water partition coefficient (Wildman–Crippen LogP) is 3.27. The fourth-order valence-corrected chi connectivity index (χ4v) is 3.78. The molecule has 0 saturated carbocycles. The van der Waals surface area contributed by atoms with Crippen molar-refractivity contribution in [3.63, 3.8) is 0 Å². The van der Waals surface area contributed by atoms with Crippen LogP contribution < -0.4 is 15.8 Å². The Morgan fingerprint density at radius 1 is 1.23 bits per heavy atom. The number of Topliss-reactive ketones (excluding diaryl/α,β-unsaturated/α-hetero) is 1. The number of carbonyl (C=O) groups excluding carboxylic acids is 2. The zero-order chi connectivity index (χ0) is 21.5. The summed E-state index contributed by atoms with van der Waals surface area (Å²) in [6, 6.07) is 14.0. The molecule has 0 radical (unpaired) electrons. The monoisotopic (exact) mass is 426 g/mol. The summed E-state index contributed by atoms with van der Waals surface area (Å²) < 4.78 is 10.4. The summed E-state index contributed by atoms with van der Waals surface area (Å²) >= 11 is 1.14. The number of ether oxygens (including phenoxy) is 2. The lowest BCUT2D eigenvalue weighted by Gasteiger charge is -2.08. The number of ketones is 1. The van der Waals surface area contributed by atoms with Crippen molar-refractivity contribution in [2.24, 2.45) is 5.73 Å². The zero-order valence-electron chi connectivity index (χ0n) is 16.4. The first kappa shape index (κ1) is 21.5. The number of anilines is 1. The second-order valence-corrected chi connectivity index (χ2v) is 7.27. The van der Waals surface area contributed by atoms with E-state index in [9.17, 15) is 14.7 Å². The maximum atomic E-state index is 12.9. The van der Waals surface area contributed by atoms with Crippen molar-refractivity contribution in [3.8, 4) is 11.5 Å². The number of carbonyl (C=O) groups is 2. The molecule has 3 rings (SSSR count). The molecular weight excluding hydrogens is 404 g/mol. The summed E-state index contributed by atoms with van der Waals surface area (Å²) in [4.78, 5) is 25.7. The van der Waals surface area contributed by atoms with Crippen LogP contribution in [-0.2, 0) is 14.3 Å². The summed E-state index contributed by atoms with van der Waals surface area (Å²) in [6.45, 7) is 2.46. The lowest BCUT2D eigenvalue weighted by molar-refractivity contribution is -0.139. The van der Waals surface area contributed by atoms with E-state index in [1.54, 1.807) is 25.1 Å². The highest BCUT2D eigenvalue weighted by molar-refractivity contribution is 8.08. The molecule has 2 aromatic carbocycles. The van der Waals surface area contributed by atoms with E-state index in [2.05, 4.69) is 5.32 Å². The van der Waals surface area contributed by atoms with Gasteiger partial charge in [-0.2, -0.15) is 0 Å². The largest absolute Gasteiger partial charge is 0.504 e. The number of allylic oxidation sites excluding steroid dienone is 1. The Balaban J connectivity index is 1.88. The predicted molar refractivity (Wildman–Crippen MR) is 117 cm³/mol. The Labute approximate surface area is 178 Å². The number of hydrogen-bond acceptors (Lipinski definition) is 8. The Morgan fingerprint density at radius 3 is 2.67 bits per heavy atom. The van der Waals surface area contributed by atoms with Crippen molar-refractivity contribution < 1.29 is 24.2 Å². The number of phenolic OH excluding ortho intramolecular Hbond substituents is 1. The van der Waals surface area contributed by atoms with Crippen molar-refractivity contribution in [3.05, 3.63) is 69.6 Å². The number of phenols is 1. The van der Waals surface area contributed by atoms with Crippen molar-refractivity contribution in [1.82, 2.24) is 0 Å². The van der Waals surface area contributed by atoms with Gasteiger partial charge in [-0.05, 0) is 42.8 Å². The topological polar surface area (TPSA) is 111 Å². The Morgan fingerprint density at radius 2 is 2.00 bits per heavy atom. The van der Waals surface area contributed by atoms with Crippen LogP contribution in [0.5, 0.6) is 11.5 Å². The molecular formula is C22H22N2O5S. The molecule has 2 aromatic rings. The van der Waals surface area contributed by atoms with Gasteiger partial charge in [-0.25, -0.2) is 4.79 Å². The van der Waals surface area contributed by atoms with Gasteiger partial charge in [0.2, 0.25) is 5.78 Å². The highest BCUT2D eigenvalue weighted by atomic mass is 32.2. The van der Waals surface area contributed by atoms with Gasteiger partial charge in [-0.3, -0.25) is 4.79 Å². The summed E-state index contributed by atoms with van der Waals surface area (Å²) in [5.74, 6) is -0.857. The maximum Gasteiger partial charge on any atom is 0.344 e. The van der Waals surface area contributed by atoms with E-state index in [0.29, 0.717) is 27.8 Å². The van der Waals surface area contributed by atoms with E-state index in [1.807, 2.05) is 30.3 Å². The van der Waals surface area contributed by atoms with Crippen LogP contribution >= 0.6 is 11.8 Å². The average Bonchev–Trinajstić information content (AvgIpc) is 3.03. The molecule has 0 saturated heterocycles. The summed E-state index contributed by atoms with van der Waals surface area (Å²) in [6.07, 6.45) is 1.61. The van der Waals surface area contributed by atoms with Gasteiger partial charge in [-0.1, -0.05) is 36.0 Å². The molecule has 0 unspecified atom stereocenters. The van der Waals surface area contributed by atoms with E-state index < -0.39 is 11.8 Å². The standard InChI is InChI=1S/C22H22N2O5S/c1-2-28-22(27)19-20(26)18(30-21(19)24-15-6-4-3-5-7-15)13-14-8-9-17(16(25)12-14)29-11-10-23/h3-9,12-13,24-25H,2,10-11,23H2,1H3/b18-13-. The van der Waals surface area contributed by atoms with Crippen LogP contribution in [0.15, 0.2) is 64.0 Å². The van der Waals surface area contributed by atoms with Crippen molar-refractivity contribution in [2.75, 3.05) is 25.1 Å². The fraction of sp³-hybridized carbons (Fsp3) is 0.182. The average molecular weight is 426 g/mol. The third-order valence-electron chi connectivity index (χ3n) is 4.06. The lowest BCUT2D eigenvalue weighted by Crippen LogP contribution is -2.16. The fourth-order valence-electron chi connectivity index (χ4n) is 2.72. The van der Waals surface area contributed by atoms with Crippen LogP contribution in [0.3, 0.4) is 0 Å². The highest BCUT2D eigenvalue weighted by Gasteiger charge is 2.35. The first-order valence-electron chi connectivity index (χ1n) is 9.37. The first-order valence-corrected chi connectivity index (χ1v) is 10.2. The van der Waals surface area contributed by atoms with Gasteiger partial charge >= 0.3 is 5.97 Å². The smallest absolute Gasteiger partial charge is 0.344 e. The van der Waals surface area contributed by atoms with Gasteiger partial charge < -0.3 is 25.6 Å². The minimum atomic E-state index is -0.676. The van der Waals surface area contributed by atoms with Crippen LogP contribution in [0.25, 0.3) is 6.08 Å². The molecule has 0 atom stereocenters. The minimum absolute atomic E-state index is 0.0379. The lowest BCUT2D eigenvalue weighted by atomic mass is 10.1. The van der Waals surface area contributed by atoms with E-state index >= 15 is 0 Å². The SMILES string of the molecule is CCOC(=O)C1=C(Nc2ccccc2)S/C(=C\c2ccc(OCCN)c(O)c2)C1=O. The number of thioether (sulfide) groups is 1. The Hall–Kier alpha value is -3.23. The van der Waals surface area contributed by atoms with E-state index in [-0.39, 0.29) is 24.5 Å². The third kappa shape index (κ3) is 5.03. The molecule has 0 bridgehead atoms. The number of aromatic hydroxyl groups is 1. The molecule has 1 heterocycles. The molecule has 7 nitrogen and oxygen atoms in total. The number of hydrogen-bond donors (Lipinski definition) is 3. The Bertz CT molecular complexity index is 1000. The summed E-state index contributed by atoms with van der Waals surface area (Å²) in [5.41, 5.74) is 6.70. The maximum absolute atomic E-state index is 12.9. The molecule has 0 aromatic heterocycles. The number of rotatable bonds is 8. The van der Waals surface area contributed by atoms with Gasteiger partial charge in [0.05, 0.1) is 16.5 Å². The number of para-hydroxylation sites is 1. The summed E-state index contributed by atoms with van der Waals surface area (Å²) in [7, 11) is 0. The molecule has 30 heavy (non-hydrogen) atoms. The van der Waals surface area contributed by atoms with Crippen molar-refractivity contribution in [1.29, 1.82) is 0 Å². The zero-order valence-corrected chi connectivity index (χ0v) is 17.2. The number of nitrogens with one attached hydrogen (secondary N) is 1. The van der Waals surface area contributed by atoms with Gasteiger partial charge in [0, 0.05) is 12.2 Å². The molecule has 8 heteroatoms. The molecule has 0 aliphatic carbocycles. The normalized spacial score (nSPS) is 14.9. The number of nitrogens with two attached hydrogens (primary N) is 1. The second kappa shape index (κ2) is 10.00. The van der Waals surface area contributed by atoms with Gasteiger partial charge in [0.1, 0.15) is 12.2 Å². The van der Waals surface area contributed by atoms with Crippen molar-refractivity contribution >= 4 is 35.3 Å². The van der Waals surface area contributed by atoms with Gasteiger partial charge in [0.25, 0.3) is 0 Å². The number of esters is 1. The van der Waals surface area contributed by atoms with Crippen molar-refractivity contribution in [2.45, 2.75) is 6.92 Å². The van der Waals surface area contributed by atoms with E-state index in [1.165, 1.54) is 6.07 Å². The van der Waals surface area contributed by atoms with Crippen LogP contribution in [0.4, 0.5) is 5.69 Å². The van der Waals surface area contributed by atoms with Gasteiger partial charge in [-0.15, -0.1) is 0 Å².